The molecule has 0 atom stereocenters. The number of rotatable bonds is 4. The molecular weight excluding hydrogens is 330 g/mol. The normalized spacial score (nSPS) is 19.6. The number of fused-ring (bicyclic) bond motifs is 2. The summed E-state index contributed by atoms with van der Waals surface area (Å²) in [4.78, 5) is 4.95. The number of aryl methyl sites for hydroxylation is 2. The molecule has 0 unspecified atom stereocenters. The van der Waals surface area contributed by atoms with Crippen LogP contribution in [0.4, 0.5) is 0 Å². The van der Waals surface area contributed by atoms with Crippen LogP contribution in [0.2, 0.25) is 0 Å². The first-order valence-corrected chi connectivity index (χ1v) is 10.2. The predicted molar refractivity (Wildman–Crippen MR) is 110 cm³/mol. The van der Waals surface area contributed by atoms with E-state index in [1.165, 1.54) is 22.3 Å². The molecule has 2 aliphatic rings. The predicted octanol–water partition coefficient (Wildman–Crippen LogP) is 3.62. The first-order chi connectivity index (χ1) is 13.2. The maximum Gasteiger partial charge on any atom is 0.108 e. The molecule has 1 heterocycles. The third-order valence-electron chi connectivity index (χ3n) is 6.43. The van der Waals surface area contributed by atoms with Crippen molar-refractivity contribution >= 4 is 0 Å². The first kappa shape index (κ1) is 18.2. The molecule has 140 valence electrons. The van der Waals surface area contributed by atoms with Crippen molar-refractivity contribution in [2.75, 3.05) is 39.8 Å². The highest BCUT2D eigenvalue weighted by molar-refractivity contribution is 5.54. The summed E-state index contributed by atoms with van der Waals surface area (Å²) < 4.78 is 0. The molecule has 2 aromatic rings. The van der Waals surface area contributed by atoms with Gasteiger partial charge in [0.2, 0.25) is 0 Å². The van der Waals surface area contributed by atoms with Gasteiger partial charge < -0.3 is 9.80 Å². The number of likely N-dealkylation sites (N-methyl/N-ethyl adjacent to an activating group) is 1. The van der Waals surface area contributed by atoms with Crippen molar-refractivity contribution < 1.29 is 0 Å². The Morgan fingerprint density at radius 3 is 2.00 bits per heavy atom. The first-order valence-electron chi connectivity index (χ1n) is 10.2. The Morgan fingerprint density at radius 2 is 1.44 bits per heavy atom. The summed E-state index contributed by atoms with van der Waals surface area (Å²) in [5.74, 6) is 0. The minimum Gasteiger partial charge on any atom is -0.304 e. The van der Waals surface area contributed by atoms with E-state index in [9.17, 15) is 5.26 Å². The zero-order chi connectivity index (χ0) is 18.7. The van der Waals surface area contributed by atoms with Gasteiger partial charge in [0.05, 0.1) is 6.07 Å². The largest absolute Gasteiger partial charge is 0.304 e. The van der Waals surface area contributed by atoms with Crippen LogP contribution in [-0.2, 0) is 18.3 Å². The number of nitriles is 1. The van der Waals surface area contributed by atoms with E-state index in [0.29, 0.717) is 0 Å². The Bertz CT molecular complexity index is 780. The molecule has 4 rings (SSSR count). The van der Waals surface area contributed by atoms with Crippen LogP contribution in [0, 0.1) is 11.3 Å². The number of hydrogen-bond donors (Lipinski definition) is 0. The van der Waals surface area contributed by atoms with E-state index < -0.39 is 5.41 Å². The van der Waals surface area contributed by atoms with Crippen LogP contribution in [0.15, 0.2) is 48.5 Å². The van der Waals surface area contributed by atoms with Crippen molar-refractivity contribution in [3.05, 3.63) is 70.8 Å². The molecule has 0 radical (unpaired) electrons. The Labute approximate surface area is 163 Å². The van der Waals surface area contributed by atoms with Crippen molar-refractivity contribution in [1.82, 2.24) is 9.80 Å². The van der Waals surface area contributed by atoms with Crippen LogP contribution in [-0.4, -0.2) is 49.6 Å². The SMILES string of the molecule is CN1CCN(CCCC2(C#N)c3ccccc3CCc3ccccc32)CC1. The quantitative estimate of drug-likeness (QED) is 0.835. The molecule has 0 saturated carbocycles. The molecule has 1 fully saturated rings. The van der Waals surface area contributed by atoms with E-state index in [1.54, 1.807) is 0 Å². The van der Waals surface area contributed by atoms with Gasteiger partial charge in [-0.15, -0.1) is 0 Å². The molecule has 2 aromatic carbocycles. The second-order valence-electron chi connectivity index (χ2n) is 8.08. The van der Waals surface area contributed by atoms with Crippen molar-refractivity contribution in [1.29, 1.82) is 5.26 Å². The van der Waals surface area contributed by atoms with Crippen LogP contribution in [0.3, 0.4) is 0 Å². The third-order valence-corrected chi connectivity index (χ3v) is 6.43. The number of piperazine rings is 1. The Morgan fingerprint density at radius 1 is 0.889 bits per heavy atom. The molecule has 27 heavy (non-hydrogen) atoms. The van der Waals surface area contributed by atoms with Gasteiger partial charge in [0.1, 0.15) is 5.41 Å². The van der Waals surface area contributed by atoms with Gasteiger partial charge in [0.25, 0.3) is 0 Å². The summed E-state index contributed by atoms with van der Waals surface area (Å²) in [7, 11) is 2.20. The highest BCUT2D eigenvalue weighted by Crippen LogP contribution is 2.42. The van der Waals surface area contributed by atoms with Crippen molar-refractivity contribution in [3.8, 4) is 6.07 Å². The zero-order valence-corrected chi connectivity index (χ0v) is 16.3. The number of benzene rings is 2. The number of nitrogens with zero attached hydrogens (tertiary/aromatic N) is 3. The van der Waals surface area contributed by atoms with E-state index >= 15 is 0 Å². The van der Waals surface area contributed by atoms with E-state index in [1.807, 2.05) is 0 Å². The minimum atomic E-state index is -0.518. The lowest BCUT2D eigenvalue weighted by Crippen LogP contribution is -2.45. The van der Waals surface area contributed by atoms with E-state index in [2.05, 4.69) is 71.4 Å². The molecule has 0 amide bonds. The van der Waals surface area contributed by atoms with Crippen LogP contribution in [0.1, 0.15) is 35.1 Å². The average Bonchev–Trinajstić information content (AvgIpc) is 2.85. The molecule has 0 aromatic heterocycles. The van der Waals surface area contributed by atoms with Gasteiger partial charge >= 0.3 is 0 Å². The smallest absolute Gasteiger partial charge is 0.108 e. The Hall–Kier alpha value is -2.15. The fourth-order valence-corrected chi connectivity index (χ4v) is 4.81. The minimum absolute atomic E-state index is 0.518. The van der Waals surface area contributed by atoms with Crippen LogP contribution in [0.5, 0.6) is 0 Å². The summed E-state index contributed by atoms with van der Waals surface area (Å²) in [6, 6.07) is 20.0. The van der Waals surface area contributed by atoms with Gasteiger partial charge in [-0.3, -0.25) is 0 Å². The molecule has 1 aliphatic carbocycles. The van der Waals surface area contributed by atoms with Crippen molar-refractivity contribution in [2.24, 2.45) is 0 Å². The van der Waals surface area contributed by atoms with E-state index in [-0.39, 0.29) is 0 Å². The van der Waals surface area contributed by atoms with Crippen molar-refractivity contribution in [3.63, 3.8) is 0 Å². The van der Waals surface area contributed by atoms with Crippen LogP contribution < -0.4 is 0 Å². The maximum atomic E-state index is 10.5. The molecule has 1 saturated heterocycles. The van der Waals surface area contributed by atoms with E-state index in [4.69, 9.17) is 0 Å². The molecule has 0 N–H and O–H groups in total. The summed E-state index contributed by atoms with van der Waals surface area (Å²) >= 11 is 0. The van der Waals surface area contributed by atoms with Crippen molar-refractivity contribution in [2.45, 2.75) is 31.1 Å². The molecule has 3 heteroatoms. The molecular formula is C24H29N3. The monoisotopic (exact) mass is 359 g/mol. The third kappa shape index (κ3) is 3.52. The molecule has 3 nitrogen and oxygen atoms in total. The Kier molecular flexibility index (Phi) is 5.29. The lowest BCUT2D eigenvalue weighted by Gasteiger charge is -2.34. The standard InChI is InChI=1S/C24H29N3/c1-26-15-17-27(18-16-26)14-6-13-24(19-25)22-9-4-2-7-20(22)11-12-21-8-3-5-10-23(21)24/h2-5,7-10H,6,11-18H2,1H3. The molecule has 0 spiro atoms. The molecule has 0 bridgehead atoms. The fourth-order valence-electron chi connectivity index (χ4n) is 4.81. The lowest BCUT2D eigenvalue weighted by molar-refractivity contribution is 0.151. The van der Waals surface area contributed by atoms with Gasteiger partial charge in [-0.25, -0.2) is 0 Å². The van der Waals surface area contributed by atoms with Gasteiger partial charge in [0.15, 0.2) is 0 Å². The summed E-state index contributed by atoms with van der Waals surface area (Å²) in [5, 5.41) is 10.5. The topological polar surface area (TPSA) is 30.3 Å². The highest BCUT2D eigenvalue weighted by atomic mass is 15.2. The second-order valence-corrected chi connectivity index (χ2v) is 8.08. The van der Waals surface area contributed by atoms with Gasteiger partial charge in [-0.05, 0) is 61.5 Å². The highest BCUT2D eigenvalue weighted by Gasteiger charge is 2.39. The van der Waals surface area contributed by atoms with Gasteiger partial charge in [-0.2, -0.15) is 5.26 Å². The fraction of sp³-hybridized carbons (Fsp3) is 0.458. The van der Waals surface area contributed by atoms with Crippen LogP contribution >= 0.6 is 0 Å². The second kappa shape index (κ2) is 7.84. The van der Waals surface area contributed by atoms with Crippen LogP contribution in [0.25, 0.3) is 0 Å². The van der Waals surface area contributed by atoms with Gasteiger partial charge in [-0.1, -0.05) is 48.5 Å². The maximum absolute atomic E-state index is 10.5. The molecule has 1 aliphatic heterocycles. The summed E-state index contributed by atoms with van der Waals surface area (Å²) in [6.07, 6.45) is 3.99. The zero-order valence-electron chi connectivity index (χ0n) is 16.3. The van der Waals surface area contributed by atoms with E-state index in [0.717, 1.165) is 58.4 Å². The Balaban J connectivity index is 1.63. The summed E-state index contributed by atoms with van der Waals surface area (Å²) in [6.45, 7) is 5.66. The van der Waals surface area contributed by atoms with Gasteiger partial charge in [0, 0.05) is 26.2 Å². The lowest BCUT2D eigenvalue weighted by atomic mass is 9.70. The summed E-state index contributed by atoms with van der Waals surface area (Å²) in [5.41, 5.74) is 4.63. The average molecular weight is 360 g/mol. The number of hydrogen-bond acceptors (Lipinski definition) is 3.